The van der Waals surface area contributed by atoms with Crippen LogP contribution >= 0.6 is 11.8 Å². The van der Waals surface area contributed by atoms with Gasteiger partial charge in [-0.2, -0.15) is 13.2 Å². The number of ether oxygens (including phenoxy) is 1. The number of carbonyl (C=O) groups is 2. The third kappa shape index (κ3) is 5.20. The third-order valence-corrected chi connectivity index (χ3v) is 3.67. The molecule has 1 saturated heterocycles. The van der Waals surface area contributed by atoms with Crippen LogP contribution in [0.25, 0.3) is 0 Å². The molecule has 0 radical (unpaired) electrons. The monoisotopic (exact) mass is 314 g/mol. The molecule has 2 amide bonds. The lowest BCUT2D eigenvalue weighted by molar-refractivity contribution is -0.175. The number of thioether (sulfide) groups is 1. The first-order valence-corrected chi connectivity index (χ1v) is 7.10. The van der Waals surface area contributed by atoms with E-state index in [-0.39, 0.29) is 24.8 Å². The Labute approximate surface area is 119 Å². The van der Waals surface area contributed by atoms with Crippen LogP contribution in [0.15, 0.2) is 0 Å². The van der Waals surface area contributed by atoms with Gasteiger partial charge in [-0.3, -0.25) is 9.59 Å². The number of halogens is 3. The van der Waals surface area contributed by atoms with Gasteiger partial charge in [0.25, 0.3) is 0 Å². The van der Waals surface area contributed by atoms with E-state index in [0.29, 0.717) is 11.6 Å². The standard InChI is InChI=1S/C11H17F3N2O3S/c1-15(2)10(18)8-5-20-7-16(8)9(17)3-4-19-6-11(12,13)14/h8H,3-7H2,1-2H3. The molecule has 0 aromatic rings. The van der Waals surface area contributed by atoms with Crippen molar-refractivity contribution in [1.29, 1.82) is 0 Å². The molecule has 1 aliphatic heterocycles. The lowest BCUT2D eigenvalue weighted by Gasteiger charge is -2.25. The molecule has 1 aliphatic rings. The van der Waals surface area contributed by atoms with Gasteiger partial charge >= 0.3 is 6.18 Å². The summed E-state index contributed by atoms with van der Waals surface area (Å²) in [5.41, 5.74) is 0. The maximum absolute atomic E-state index is 11.9. The van der Waals surface area contributed by atoms with Crippen LogP contribution < -0.4 is 0 Å². The van der Waals surface area contributed by atoms with Crippen LogP contribution in [0.3, 0.4) is 0 Å². The highest BCUT2D eigenvalue weighted by atomic mass is 32.2. The van der Waals surface area contributed by atoms with Crippen LogP contribution in [0.1, 0.15) is 6.42 Å². The average molecular weight is 314 g/mol. The fraction of sp³-hybridized carbons (Fsp3) is 0.818. The molecule has 5 nitrogen and oxygen atoms in total. The van der Waals surface area contributed by atoms with Gasteiger partial charge < -0.3 is 14.5 Å². The number of nitrogens with zero attached hydrogens (tertiary/aromatic N) is 2. The molecule has 1 fully saturated rings. The summed E-state index contributed by atoms with van der Waals surface area (Å²) in [5, 5.41) is 0. The molecule has 1 rings (SSSR count). The van der Waals surface area contributed by atoms with Crippen molar-refractivity contribution in [3.8, 4) is 0 Å². The predicted octanol–water partition coefficient (Wildman–Crippen LogP) is 0.945. The highest BCUT2D eigenvalue weighted by Gasteiger charge is 2.35. The smallest absolute Gasteiger partial charge is 0.372 e. The van der Waals surface area contributed by atoms with Crippen molar-refractivity contribution in [3.05, 3.63) is 0 Å². The zero-order valence-electron chi connectivity index (χ0n) is 11.3. The molecule has 1 heterocycles. The molecule has 0 bridgehead atoms. The third-order valence-electron chi connectivity index (χ3n) is 2.65. The van der Waals surface area contributed by atoms with E-state index >= 15 is 0 Å². The van der Waals surface area contributed by atoms with Gasteiger partial charge in [0, 0.05) is 19.8 Å². The van der Waals surface area contributed by atoms with Crippen molar-refractivity contribution in [2.75, 3.05) is 38.9 Å². The van der Waals surface area contributed by atoms with E-state index in [0.717, 1.165) is 0 Å². The van der Waals surface area contributed by atoms with Gasteiger partial charge in [0.2, 0.25) is 11.8 Å². The maximum Gasteiger partial charge on any atom is 0.411 e. The molecule has 1 unspecified atom stereocenters. The van der Waals surface area contributed by atoms with Gasteiger partial charge in [-0.05, 0) is 0 Å². The largest absolute Gasteiger partial charge is 0.411 e. The van der Waals surface area contributed by atoms with Crippen LogP contribution in [-0.2, 0) is 14.3 Å². The maximum atomic E-state index is 11.9. The summed E-state index contributed by atoms with van der Waals surface area (Å²) < 4.78 is 40.0. The Morgan fingerprint density at radius 1 is 1.40 bits per heavy atom. The van der Waals surface area contributed by atoms with Crippen LogP contribution in [0, 0.1) is 0 Å². The Hall–Kier alpha value is -0.960. The fourth-order valence-electron chi connectivity index (χ4n) is 1.68. The van der Waals surface area contributed by atoms with Crippen molar-refractivity contribution < 1.29 is 27.5 Å². The first-order valence-electron chi connectivity index (χ1n) is 5.95. The summed E-state index contributed by atoms with van der Waals surface area (Å²) in [4.78, 5) is 26.5. The van der Waals surface area contributed by atoms with Crippen LogP contribution in [0.5, 0.6) is 0 Å². The number of likely N-dealkylation sites (N-methyl/N-ethyl adjacent to an activating group) is 1. The zero-order chi connectivity index (χ0) is 15.3. The highest BCUT2D eigenvalue weighted by molar-refractivity contribution is 7.99. The van der Waals surface area contributed by atoms with E-state index in [1.807, 2.05) is 0 Å². The van der Waals surface area contributed by atoms with E-state index in [4.69, 9.17) is 0 Å². The Morgan fingerprint density at radius 2 is 2.05 bits per heavy atom. The van der Waals surface area contributed by atoms with Crippen LogP contribution in [0.2, 0.25) is 0 Å². The molecular formula is C11H17F3N2O3S. The molecule has 0 N–H and O–H groups in total. The summed E-state index contributed by atoms with van der Waals surface area (Å²) in [6.07, 6.45) is -4.55. The highest BCUT2D eigenvalue weighted by Crippen LogP contribution is 2.23. The average Bonchev–Trinajstić information content (AvgIpc) is 2.81. The van der Waals surface area contributed by atoms with E-state index in [2.05, 4.69) is 4.74 Å². The van der Waals surface area contributed by atoms with Crippen molar-refractivity contribution in [1.82, 2.24) is 9.80 Å². The fourth-order valence-corrected chi connectivity index (χ4v) is 2.85. The van der Waals surface area contributed by atoms with E-state index in [1.165, 1.54) is 21.6 Å². The number of hydrogen-bond donors (Lipinski definition) is 0. The van der Waals surface area contributed by atoms with Crippen molar-refractivity contribution in [3.63, 3.8) is 0 Å². The van der Waals surface area contributed by atoms with Gasteiger partial charge in [0.1, 0.15) is 12.6 Å². The first-order chi connectivity index (χ1) is 9.22. The molecular weight excluding hydrogens is 297 g/mol. The number of hydrogen-bond acceptors (Lipinski definition) is 4. The number of carbonyl (C=O) groups excluding carboxylic acids is 2. The zero-order valence-corrected chi connectivity index (χ0v) is 12.1. The normalized spacial score (nSPS) is 19.2. The van der Waals surface area contributed by atoms with Gasteiger partial charge in [-0.1, -0.05) is 0 Å². The Kier molecular flexibility index (Phi) is 6.12. The second kappa shape index (κ2) is 7.16. The van der Waals surface area contributed by atoms with E-state index < -0.39 is 18.8 Å². The Balaban J connectivity index is 2.40. The minimum absolute atomic E-state index is 0.159. The molecule has 116 valence electrons. The molecule has 0 spiro atoms. The van der Waals surface area contributed by atoms with Crippen LogP contribution in [0.4, 0.5) is 13.2 Å². The minimum Gasteiger partial charge on any atom is -0.372 e. The molecule has 9 heteroatoms. The summed E-state index contributed by atoms with van der Waals surface area (Å²) in [6, 6.07) is -0.537. The SMILES string of the molecule is CN(C)C(=O)C1CSCN1C(=O)CCOCC(F)(F)F. The first kappa shape index (κ1) is 17.1. The molecule has 0 aliphatic carbocycles. The Morgan fingerprint density at radius 3 is 2.60 bits per heavy atom. The van der Waals surface area contributed by atoms with Gasteiger partial charge in [0.15, 0.2) is 0 Å². The lowest BCUT2D eigenvalue weighted by atomic mass is 10.2. The summed E-state index contributed by atoms with van der Waals surface area (Å²) in [5.74, 6) is 0.339. The summed E-state index contributed by atoms with van der Waals surface area (Å²) in [7, 11) is 3.20. The molecule has 1 atom stereocenters. The van der Waals surface area contributed by atoms with E-state index in [1.54, 1.807) is 14.1 Å². The van der Waals surface area contributed by atoms with Crippen molar-refractivity contribution >= 4 is 23.6 Å². The number of rotatable bonds is 5. The predicted molar refractivity (Wildman–Crippen MR) is 68.1 cm³/mol. The Bertz CT molecular complexity index is 363. The quantitative estimate of drug-likeness (QED) is 0.709. The minimum atomic E-state index is -4.39. The molecule has 0 saturated carbocycles. The lowest BCUT2D eigenvalue weighted by Crippen LogP contribution is -2.47. The van der Waals surface area contributed by atoms with Crippen molar-refractivity contribution in [2.45, 2.75) is 18.6 Å². The van der Waals surface area contributed by atoms with E-state index in [9.17, 15) is 22.8 Å². The van der Waals surface area contributed by atoms with Gasteiger partial charge in [-0.25, -0.2) is 0 Å². The second-order valence-electron chi connectivity index (χ2n) is 4.53. The molecule has 0 aromatic carbocycles. The topological polar surface area (TPSA) is 49.9 Å². The second-order valence-corrected chi connectivity index (χ2v) is 5.53. The van der Waals surface area contributed by atoms with Crippen molar-refractivity contribution in [2.24, 2.45) is 0 Å². The van der Waals surface area contributed by atoms with Crippen LogP contribution in [-0.4, -0.2) is 72.8 Å². The summed E-state index contributed by atoms with van der Waals surface area (Å²) in [6.45, 7) is -1.67. The molecule has 20 heavy (non-hydrogen) atoms. The summed E-state index contributed by atoms with van der Waals surface area (Å²) >= 11 is 1.44. The number of alkyl halides is 3. The van der Waals surface area contributed by atoms with Gasteiger partial charge in [0.05, 0.1) is 18.9 Å². The van der Waals surface area contributed by atoms with Gasteiger partial charge in [-0.15, -0.1) is 11.8 Å². The molecule has 0 aromatic heterocycles. The number of amides is 2.